The van der Waals surface area contributed by atoms with Crippen LogP contribution in [0.3, 0.4) is 0 Å². The highest BCUT2D eigenvalue weighted by atomic mass is 16.2. The summed E-state index contributed by atoms with van der Waals surface area (Å²) in [5, 5.41) is 8.65. The molecule has 2 unspecified atom stereocenters. The Kier molecular flexibility index (Phi) is 12.5. The molecule has 0 spiro atoms. The highest BCUT2D eigenvalue weighted by Gasteiger charge is 2.05. The zero-order valence-electron chi connectivity index (χ0n) is 13.7. The van der Waals surface area contributed by atoms with Crippen molar-refractivity contribution in [3.63, 3.8) is 0 Å². The molecule has 0 bridgehead atoms. The lowest BCUT2D eigenvalue weighted by Crippen LogP contribution is -1.99. The first-order chi connectivity index (χ1) is 9.06. The van der Waals surface area contributed by atoms with E-state index in [9.17, 15) is 0 Å². The maximum Gasteiger partial charge on any atom is 0.0612 e. The number of aliphatic hydroxyl groups is 1. The molecule has 0 amide bonds. The normalized spacial score (nSPS) is 15.3. The van der Waals surface area contributed by atoms with Crippen LogP contribution in [0.25, 0.3) is 0 Å². The van der Waals surface area contributed by atoms with E-state index in [-0.39, 0.29) is 6.61 Å². The molecule has 19 heavy (non-hydrogen) atoms. The molecule has 0 aromatic rings. The number of hydrogen-bond donors (Lipinski definition) is 1. The quantitative estimate of drug-likeness (QED) is 0.458. The predicted molar refractivity (Wildman–Crippen MR) is 86.3 cm³/mol. The Morgan fingerprint density at radius 1 is 0.737 bits per heavy atom. The van der Waals surface area contributed by atoms with Crippen LogP contribution < -0.4 is 0 Å². The van der Waals surface area contributed by atoms with Gasteiger partial charge in [0.05, 0.1) is 6.61 Å². The topological polar surface area (TPSA) is 20.2 Å². The second-order valence-electron chi connectivity index (χ2n) is 6.70. The molecule has 0 saturated carbocycles. The molecular weight excluding hydrogens is 232 g/mol. The van der Waals surface area contributed by atoms with Gasteiger partial charge in [-0.1, -0.05) is 78.4 Å². The fourth-order valence-electron chi connectivity index (χ4n) is 2.55. The molecule has 1 heteroatoms. The largest absolute Gasteiger partial charge is 0.392 e. The Balaban J connectivity index is 3.42. The van der Waals surface area contributed by atoms with Crippen molar-refractivity contribution in [3.05, 3.63) is 12.2 Å². The van der Waals surface area contributed by atoms with Crippen LogP contribution in [0, 0.1) is 17.8 Å². The van der Waals surface area contributed by atoms with Crippen LogP contribution >= 0.6 is 0 Å². The first-order valence-electron chi connectivity index (χ1n) is 8.32. The van der Waals surface area contributed by atoms with Gasteiger partial charge in [0.1, 0.15) is 0 Å². The van der Waals surface area contributed by atoms with Crippen molar-refractivity contribution in [1.29, 1.82) is 0 Å². The van der Waals surface area contributed by atoms with Gasteiger partial charge in [0.25, 0.3) is 0 Å². The van der Waals surface area contributed by atoms with Gasteiger partial charge in [0, 0.05) is 0 Å². The summed E-state index contributed by atoms with van der Waals surface area (Å²) in [6.45, 7) is 9.59. The maximum absolute atomic E-state index is 8.65. The summed E-state index contributed by atoms with van der Waals surface area (Å²) in [6, 6.07) is 0. The molecule has 1 nitrogen and oxygen atoms in total. The van der Waals surface area contributed by atoms with Gasteiger partial charge in [-0.05, 0) is 30.6 Å². The fraction of sp³-hybridized carbons (Fsp3) is 0.889. The Bertz CT molecular complexity index is 208. The second kappa shape index (κ2) is 12.7. The highest BCUT2D eigenvalue weighted by Crippen LogP contribution is 2.20. The van der Waals surface area contributed by atoms with E-state index in [1.165, 1.54) is 44.9 Å². The van der Waals surface area contributed by atoms with E-state index in [0.29, 0.717) is 0 Å². The zero-order chi connectivity index (χ0) is 14.5. The minimum absolute atomic E-state index is 0.183. The fourth-order valence-corrected chi connectivity index (χ4v) is 2.55. The van der Waals surface area contributed by atoms with Gasteiger partial charge in [-0.25, -0.2) is 0 Å². The molecule has 0 radical (unpaired) electrons. The van der Waals surface area contributed by atoms with Crippen molar-refractivity contribution >= 4 is 0 Å². The lowest BCUT2D eigenvalue weighted by Gasteiger charge is -2.14. The van der Waals surface area contributed by atoms with Crippen LogP contribution in [0.1, 0.15) is 79.1 Å². The summed E-state index contributed by atoms with van der Waals surface area (Å²) < 4.78 is 0. The SMILES string of the molecule is CC(C)CCCC(C)CCCC(C)CCC=CCO. The van der Waals surface area contributed by atoms with Crippen molar-refractivity contribution in [1.82, 2.24) is 0 Å². The standard InChI is InChI=1S/C18H36O/c1-16(2)10-8-12-18(4)14-9-13-17(3)11-6-5-7-15-19/h5,7,16-19H,6,8-15H2,1-4H3. The molecule has 0 aliphatic rings. The third-order valence-corrected chi connectivity index (χ3v) is 3.97. The summed E-state index contributed by atoms with van der Waals surface area (Å²) in [4.78, 5) is 0. The molecule has 0 heterocycles. The molecule has 0 aromatic heterocycles. The first kappa shape index (κ1) is 18.7. The predicted octanol–water partition coefficient (Wildman–Crippen LogP) is 5.58. The van der Waals surface area contributed by atoms with Crippen molar-refractivity contribution in [2.45, 2.75) is 79.1 Å². The summed E-state index contributed by atoms with van der Waals surface area (Å²) in [5.74, 6) is 2.59. The lowest BCUT2D eigenvalue weighted by molar-refractivity contribution is 0.342. The van der Waals surface area contributed by atoms with Crippen molar-refractivity contribution in [2.75, 3.05) is 6.61 Å². The smallest absolute Gasteiger partial charge is 0.0612 e. The Morgan fingerprint density at radius 3 is 1.79 bits per heavy atom. The molecule has 0 aromatic carbocycles. The van der Waals surface area contributed by atoms with E-state index < -0.39 is 0 Å². The van der Waals surface area contributed by atoms with E-state index in [1.807, 2.05) is 6.08 Å². The number of hydrogen-bond acceptors (Lipinski definition) is 1. The number of aliphatic hydroxyl groups excluding tert-OH is 1. The van der Waals surface area contributed by atoms with Gasteiger partial charge in [-0.15, -0.1) is 0 Å². The van der Waals surface area contributed by atoms with Gasteiger partial charge >= 0.3 is 0 Å². The average molecular weight is 268 g/mol. The van der Waals surface area contributed by atoms with Gasteiger partial charge in [0.15, 0.2) is 0 Å². The van der Waals surface area contributed by atoms with Gasteiger partial charge in [-0.3, -0.25) is 0 Å². The number of rotatable bonds is 12. The van der Waals surface area contributed by atoms with E-state index in [4.69, 9.17) is 5.11 Å². The molecule has 0 saturated heterocycles. The summed E-state index contributed by atoms with van der Waals surface area (Å²) in [5.41, 5.74) is 0. The van der Waals surface area contributed by atoms with Crippen molar-refractivity contribution < 1.29 is 5.11 Å². The molecule has 1 N–H and O–H groups in total. The van der Waals surface area contributed by atoms with Crippen molar-refractivity contribution in [2.24, 2.45) is 17.8 Å². The lowest BCUT2D eigenvalue weighted by atomic mass is 9.92. The van der Waals surface area contributed by atoms with Crippen LogP contribution in [-0.2, 0) is 0 Å². The summed E-state index contributed by atoms with van der Waals surface area (Å²) in [6.07, 6.45) is 14.7. The van der Waals surface area contributed by atoms with Crippen LogP contribution in [-0.4, -0.2) is 11.7 Å². The Morgan fingerprint density at radius 2 is 1.26 bits per heavy atom. The molecule has 0 fully saturated rings. The van der Waals surface area contributed by atoms with Gasteiger partial charge in [0.2, 0.25) is 0 Å². The molecule has 2 atom stereocenters. The molecule has 0 aliphatic carbocycles. The van der Waals surface area contributed by atoms with E-state index in [2.05, 4.69) is 33.8 Å². The first-order valence-corrected chi connectivity index (χ1v) is 8.32. The third-order valence-electron chi connectivity index (χ3n) is 3.97. The summed E-state index contributed by atoms with van der Waals surface area (Å²) in [7, 11) is 0. The average Bonchev–Trinajstić information content (AvgIpc) is 2.34. The van der Waals surface area contributed by atoms with Crippen LogP contribution in [0.15, 0.2) is 12.2 Å². The highest BCUT2D eigenvalue weighted by molar-refractivity contribution is 4.81. The molecule has 0 aliphatic heterocycles. The Hall–Kier alpha value is -0.300. The molecular formula is C18H36O. The maximum atomic E-state index is 8.65. The zero-order valence-corrected chi connectivity index (χ0v) is 13.7. The van der Waals surface area contributed by atoms with Crippen LogP contribution in [0.2, 0.25) is 0 Å². The van der Waals surface area contributed by atoms with E-state index >= 15 is 0 Å². The minimum Gasteiger partial charge on any atom is -0.392 e. The minimum atomic E-state index is 0.183. The van der Waals surface area contributed by atoms with Crippen LogP contribution in [0.5, 0.6) is 0 Å². The van der Waals surface area contributed by atoms with Crippen molar-refractivity contribution in [3.8, 4) is 0 Å². The number of allylic oxidation sites excluding steroid dienone is 1. The summed E-state index contributed by atoms with van der Waals surface area (Å²) >= 11 is 0. The van der Waals surface area contributed by atoms with Gasteiger partial charge in [-0.2, -0.15) is 0 Å². The van der Waals surface area contributed by atoms with E-state index in [1.54, 1.807) is 0 Å². The van der Waals surface area contributed by atoms with Gasteiger partial charge < -0.3 is 5.11 Å². The third kappa shape index (κ3) is 13.9. The second-order valence-corrected chi connectivity index (χ2v) is 6.70. The monoisotopic (exact) mass is 268 g/mol. The molecule has 0 rings (SSSR count). The Labute approximate surface area is 121 Å². The van der Waals surface area contributed by atoms with Crippen LogP contribution in [0.4, 0.5) is 0 Å². The van der Waals surface area contributed by atoms with E-state index in [0.717, 1.165) is 24.2 Å². The molecule has 114 valence electrons.